The van der Waals surface area contributed by atoms with Crippen molar-refractivity contribution in [3.63, 3.8) is 0 Å². The van der Waals surface area contributed by atoms with Crippen molar-refractivity contribution in [3.8, 4) is 0 Å². The van der Waals surface area contributed by atoms with Crippen molar-refractivity contribution in [2.45, 2.75) is 38.6 Å². The van der Waals surface area contributed by atoms with Gasteiger partial charge in [0, 0.05) is 6.04 Å². The lowest BCUT2D eigenvalue weighted by Crippen LogP contribution is -2.25. The summed E-state index contributed by atoms with van der Waals surface area (Å²) in [5, 5.41) is 8.05. The second kappa shape index (κ2) is 4.45. The average Bonchev–Trinajstić information content (AvgIpc) is 2.86. The first-order chi connectivity index (χ1) is 6.77. The second-order valence-electron chi connectivity index (χ2n) is 4.51. The molecular formula is C12H19NS. The second-order valence-corrected chi connectivity index (χ2v) is 5.29. The van der Waals surface area contributed by atoms with Gasteiger partial charge in [0.1, 0.15) is 0 Å². The van der Waals surface area contributed by atoms with E-state index in [1.54, 1.807) is 11.3 Å². The van der Waals surface area contributed by atoms with Gasteiger partial charge in [-0.3, -0.25) is 0 Å². The third kappa shape index (κ3) is 2.58. The fraction of sp³-hybridized carbons (Fsp3) is 0.667. The van der Waals surface area contributed by atoms with Crippen molar-refractivity contribution < 1.29 is 0 Å². The summed E-state index contributed by atoms with van der Waals surface area (Å²) < 4.78 is 0. The zero-order chi connectivity index (χ0) is 9.97. The average molecular weight is 209 g/mol. The fourth-order valence-corrected chi connectivity index (χ4v) is 2.44. The molecule has 0 radical (unpaired) electrons. The molecule has 78 valence electrons. The summed E-state index contributed by atoms with van der Waals surface area (Å²) in [5.74, 6) is 1.43. The largest absolute Gasteiger partial charge is 0.314 e. The molecule has 14 heavy (non-hydrogen) atoms. The Morgan fingerprint density at radius 1 is 1.50 bits per heavy atom. The van der Waals surface area contributed by atoms with E-state index in [1.807, 2.05) is 0 Å². The highest BCUT2D eigenvalue weighted by Gasteiger charge is 2.22. The zero-order valence-electron chi connectivity index (χ0n) is 8.99. The molecular weight excluding hydrogens is 190 g/mol. The smallest absolute Gasteiger partial charge is 0.00683 e. The topological polar surface area (TPSA) is 12.0 Å². The monoisotopic (exact) mass is 209 g/mol. The standard InChI is InChI=1S/C12H19NS/c1-9(7-13-12-3-4-12)10(2)11-5-6-14-8-11/h5-6,8-10,12-13H,3-4,7H2,1-2H3. The van der Waals surface area contributed by atoms with Crippen LogP contribution in [0.5, 0.6) is 0 Å². The minimum atomic E-state index is 0.687. The van der Waals surface area contributed by atoms with Gasteiger partial charge in [-0.1, -0.05) is 13.8 Å². The van der Waals surface area contributed by atoms with Gasteiger partial charge in [-0.25, -0.2) is 0 Å². The molecule has 1 aromatic rings. The first-order valence-corrected chi connectivity index (χ1v) is 6.47. The summed E-state index contributed by atoms with van der Waals surface area (Å²) in [5.41, 5.74) is 1.50. The molecule has 1 nitrogen and oxygen atoms in total. The zero-order valence-corrected chi connectivity index (χ0v) is 9.81. The van der Waals surface area contributed by atoms with E-state index < -0.39 is 0 Å². The van der Waals surface area contributed by atoms with Crippen LogP contribution < -0.4 is 5.32 Å². The summed E-state index contributed by atoms with van der Waals surface area (Å²) in [6.07, 6.45) is 2.78. The summed E-state index contributed by atoms with van der Waals surface area (Å²) in [6, 6.07) is 3.09. The molecule has 2 heteroatoms. The van der Waals surface area contributed by atoms with E-state index in [9.17, 15) is 0 Å². The summed E-state index contributed by atoms with van der Waals surface area (Å²) >= 11 is 1.80. The quantitative estimate of drug-likeness (QED) is 0.785. The molecule has 1 aliphatic carbocycles. The van der Waals surface area contributed by atoms with Gasteiger partial charge in [-0.05, 0) is 53.6 Å². The Balaban J connectivity index is 1.80. The van der Waals surface area contributed by atoms with Crippen LogP contribution >= 0.6 is 11.3 Å². The van der Waals surface area contributed by atoms with E-state index in [4.69, 9.17) is 0 Å². The molecule has 2 unspecified atom stereocenters. The van der Waals surface area contributed by atoms with Crippen LogP contribution in [-0.2, 0) is 0 Å². The van der Waals surface area contributed by atoms with Crippen LogP contribution in [0.1, 0.15) is 38.2 Å². The lowest BCUT2D eigenvalue weighted by atomic mass is 9.91. The van der Waals surface area contributed by atoms with Crippen molar-refractivity contribution in [2.75, 3.05) is 6.54 Å². The Bertz CT molecular complexity index is 264. The minimum Gasteiger partial charge on any atom is -0.314 e. The van der Waals surface area contributed by atoms with Gasteiger partial charge in [0.15, 0.2) is 0 Å². The molecule has 0 saturated heterocycles. The Morgan fingerprint density at radius 3 is 2.86 bits per heavy atom. The predicted molar refractivity (Wildman–Crippen MR) is 62.9 cm³/mol. The third-order valence-electron chi connectivity index (χ3n) is 3.23. The molecule has 1 N–H and O–H groups in total. The van der Waals surface area contributed by atoms with Crippen molar-refractivity contribution in [2.24, 2.45) is 5.92 Å². The number of hydrogen-bond donors (Lipinski definition) is 1. The SMILES string of the molecule is CC(CNC1CC1)C(C)c1ccsc1. The highest BCUT2D eigenvalue weighted by molar-refractivity contribution is 7.07. The van der Waals surface area contributed by atoms with E-state index in [1.165, 1.54) is 24.9 Å². The van der Waals surface area contributed by atoms with E-state index in [0.717, 1.165) is 12.0 Å². The van der Waals surface area contributed by atoms with Crippen LogP contribution in [-0.4, -0.2) is 12.6 Å². The van der Waals surface area contributed by atoms with Gasteiger partial charge in [-0.15, -0.1) is 0 Å². The molecule has 0 amide bonds. The maximum absolute atomic E-state index is 3.60. The molecule has 0 aromatic carbocycles. The van der Waals surface area contributed by atoms with Gasteiger partial charge >= 0.3 is 0 Å². The van der Waals surface area contributed by atoms with Gasteiger partial charge in [-0.2, -0.15) is 11.3 Å². The first-order valence-electron chi connectivity index (χ1n) is 5.53. The highest BCUT2D eigenvalue weighted by Crippen LogP contribution is 2.26. The maximum atomic E-state index is 3.60. The summed E-state index contributed by atoms with van der Waals surface area (Å²) in [7, 11) is 0. The van der Waals surface area contributed by atoms with Crippen molar-refractivity contribution in [3.05, 3.63) is 22.4 Å². The summed E-state index contributed by atoms with van der Waals surface area (Å²) in [4.78, 5) is 0. The van der Waals surface area contributed by atoms with Crippen LogP contribution in [0.4, 0.5) is 0 Å². The summed E-state index contributed by atoms with van der Waals surface area (Å²) in [6.45, 7) is 5.85. The van der Waals surface area contributed by atoms with Crippen molar-refractivity contribution in [1.82, 2.24) is 5.32 Å². The Labute approximate surface area is 90.5 Å². The van der Waals surface area contributed by atoms with Crippen molar-refractivity contribution in [1.29, 1.82) is 0 Å². The first kappa shape index (κ1) is 10.2. The van der Waals surface area contributed by atoms with Gasteiger partial charge in [0.2, 0.25) is 0 Å². The lowest BCUT2D eigenvalue weighted by Gasteiger charge is -2.19. The number of nitrogens with one attached hydrogen (secondary N) is 1. The third-order valence-corrected chi connectivity index (χ3v) is 3.93. The maximum Gasteiger partial charge on any atom is 0.00683 e. The molecule has 2 rings (SSSR count). The predicted octanol–water partition coefficient (Wildman–Crippen LogP) is 3.24. The molecule has 0 bridgehead atoms. The van der Waals surface area contributed by atoms with Crippen LogP contribution in [0, 0.1) is 5.92 Å². The van der Waals surface area contributed by atoms with E-state index in [2.05, 4.69) is 36.0 Å². The van der Waals surface area contributed by atoms with Gasteiger partial charge < -0.3 is 5.32 Å². The molecule has 1 saturated carbocycles. The molecule has 1 aromatic heterocycles. The number of hydrogen-bond acceptors (Lipinski definition) is 2. The van der Waals surface area contributed by atoms with Crippen LogP contribution in [0.15, 0.2) is 16.8 Å². The molecule has 1 heterocycles. The van der Waals surface area contributed by atoms with Gasteiger partial charge in [0.25, 0.3) is 0 Å². The van der Waals surface area contributed by atoms with E-state index in [-0.39, 0.29) is 0 Å². The normalized spacial score (nSPS) is 20.7. The molecule has 1 fully saturated rings. The van der Waals surface area contributed by atoms with Crippen LogP contribution in [0.25, 0.3) is 0 Å². The van der Waals surface area contributed by atoms with Crippen LogP contribution in [0.3, 0.4) is 0 Å². The molecule has 0 aliphatic heterocycles. The Hall–Kier alpha value is -0.340. The fourth-order valence-electron chi connectivity index (χ4n) is 1.68. The Morgan fingerprint density at radius 2 is 2.29 bits per heavy atom. The molecule has 2 atom stereocenters. The Kier molecular flexibility index (Phi) is 3.24. The van der Waals surface area contributed by atoms with E-state index in [0.29, 0.717) is 5.92 Å². The van der Waals surface area contributed by atoms with Gasteiger partial charge in [0.05, 0.1) is 0 Å². The molecule has 0 spiro atoms. The van der Waals surface area contributed by atoms with Crippen LogP contribution in [0.2, 0.25) is 0 Å². The lowest BCUT2D eigenvalue weighted by molar-refractivity contribution is 0.447. The highest BCUT2D eigenvalue weighted by atomic mass is 32.1. The number of rotatable bonds is 5. The molecule has 1 aliphatic rings. The number of thiophene rings is 1. The minimum absolute atomic E-state index is 0.687. The van der Waals surface area contributed by atoms with Crippen molar-refractivity contribution >= 4 is 11.3 Å². The van der Waals surface area contributed by atoms with E-state index >= 15 is 0 Å².